The first-order valence-corrected chi connectivity index (χ1v) is 6.86. The standard InChI is InChI=1S/C14H27NO2/c1-9(2)7-13(15)14(16)17-12-6-5-10(3)11(4)8-12/h9-13H,5-8,15H2,1-4H3. The molecular weight excluding hydrogens is 214 g/mol. The molecule has 0 heterocycles. The summed E-state index contributed by atoms with van der Waals surface area (Å²) >= 11 is 0. The molecule has 3 nitrogen and oxygen atoms in total. The van der Waals surface area contributed by atoms with Crippen LogP contribution in [-0.2, 0) is 9.53 Å². The highest BCUT2D eigenvalue weighted by molar-refractivity contribution is 5.75. The largest absolute Gasteiger partial charge is 0.461 e. The number of rotatable bonds is 4. The molecule has 1 aliphatic rings. The summed E-state index contributed by atoms with van der Waals surface area (Å²) < 4.78 is 5.51. The summed E-state index contributed by atoms with van der Waals surface area (Å²) in [6, 6.07) is -0.454. The van der Waals surface area contributed by atoms with E-state index in [0.717, 1.165) is 25.2 Å². The molecule has 0 aromatic rings. The minimum absolute atomic E-state index is 0.0897. The van der Waals surface area contributed by atoms with Crippen molar-refractivity contribution in [1.82, 2.24) is 0 Å². The molecule has 0 radical (unpaired) electrons. The van der Waals surface area contributed by atoms with Gasteiger partial charge in [0, 0.05) is 0 Å². The molecule has 0 saturated heterocycles. The van der Waals surface area contributed by atoms with Crippen molar-refractivity contribution in [1.29, 1.82) is 0 Å². The van der Waals surface area contributed by atoms with Crippen LogP contribution in [0.15, 0.2) is 0 Å². The van der Waals surface area contributed by atoms with Gasteiger partial charge in [-0.1, -0.05) is 27.7 Å². The molecular formula is C14H27NO2. The summed E-state index contributed by atoms with van der Waals surface area (Å²) in [5, 5.41) is 0. The first-order chi connectivity index (χ1) is 7.90. The number of ether oxygens (including phenoxy) is 1. The van der Waals surface area contributed by atoms with Crippen LogP contribution < -0.4 is 5.73 Å². The van der Waals surface area contributed by atoms with Crippen LogP contribution in [0.25, 0.3) is 0 Å². The zero-order valence-electron chi connectivity index (χ0n) is 11.6. The first-order valence-electron chi connectivity index (χ1n) is 6.86. The van der Waals surface area contributed by atoms with Crippen LogP contribution in [0, 0.1) is 17.8 Å². The van der Waals surface area contributed by atoms with E-state index >= 15 is 0 Å². The molecule has 4 unspecified atom stereocenters. The van der Waals surface area contributed by atoms with Gasteiger partial charge in [0.25, 0.3) is 0 Å². The zero-order valence-corrected chi connectivity index (χ0v) is 11.6. The lowest BCUT2D eigenvalue weighted by Gasteiger charge is -2.32. The van der Waals surface area contributed by atoms with E-state index in [2.05, 4.69) is 27.7 Å². The summed E-state index contributed by atoms with van der Waals surface area (Å²) in [7, 11) is 0. The van der Waals surface area contributed by atoms with Gasteiger partial charge in [0.15, 0.2) is 0 Å². The Morgan fingerprint density at radius 1 is 1.29 bits per heavy atom. The van der Waals surface area contributed by atoms with Crippen LogP contribution in [0.1, 0.15) is 53.4 Å². The summed E-state index contributed by atoms with van der Waals surface area (Å²) in [4.78, 5) is 11.8. The highest BCUT2D eigenvalue weighted by Gasteiger charge is 2.28. The van der Waals surface area contributed by atoms with Crippen molar-refractivity contribution < 1.29 is 9.53 Å². The third-order valence-corrected chi connectivity index (χ3v) is 3.86. The highest BCUT2D eigenvalue weighted by Crippen LogP contribution is 2.31. The lowest BCUT2D eigenvalue weighted by molar-refractivity contribution is -0.153. The Hall–Kier alpha value is -0.570. The third-order valence-electron chi connectivity index (χ3n) is 3.86. The normalized spacial score (nSPS) is 31.3. The Morgan fingerprint density at radius 2 is 1.94 bits per heavy atom. The Balaban J connectivity index is 2.36. The second kappa shape index (κ2) is 6.39. The molecule has 17 heavy (non-hydrogen) atoms. The smallest absolute Gasteiger partial charge is 0.323 e. The van der Waals surface area contributed by atoms with E-state index in [4.69, 9.17) is 10.5 Å². The van der Waals surface area contributed by atoms with Crippen LogP contribution in [0.2, 0.25) is 0 Å². The van der Waals surface area contributed by atoms with Crippen molar-refractivity contribution in [2.45, 2.75) is 65.5 Å². The van der Waals surface area contributed by atoms with Crippen LogP contribution in [0.5, 0.6) is 0 Å². The maximum atomic E-state index is 11.8. The van der Waals surface area contributed by atoms with E-state index in [1.807, 2.05) is 0 Å². The van der Waals surface area contributed by atoms with E-state index < -0.39 is 6.04 Å². The van der Waals surface area contributed by atoms with Gasteiger partial charge in [0.2, 0.25) is 0 Å². The molecule has 100 valence electrons. The maximum absolute atomic E-state index is 11.8. The van der Waals surface area contributed by atoms with E-state index in [0.29, 0.717) is 18.3 Å². The van der Waals surface area contributed by atoms with E-state index in [-0.39, 0.29) is 12.1 Å². The molecule has 1 fully saturated rings. The van der Waals surface area contributed by atoms with Crippen LogP contribution in [-0.4, -0.2) is 18.1 Å². The average molecular weight is 241 g/mol. The molecule has 0 aliphatic heterocycles. The molecule has 0 bridgehead atoms. The van der Waals surface area contributed by atoms with Crippen molar-refractivity contribution in [2.75, 3.05) is 0 Å². The lowest BCUT2D eigenvalue weighted by Crippen LogP contribution is -2.38. The molecule has 4 atom stereocenters. The van der Waals surface area contributed by atoms with Crippen molar-refractivity contribution in [3.8, 4) is 0 Å². The molecule has 0 aromatic heterocycles. The molecule has 1 saturated carbocycles. The highest BCUT2D eigenvalue weighted by atomic mass is 16.5. The fourth-order valence-electron chi connectivity index (χ4n) is 2.46. The minimum atomic E-state index is -0.454. The van der Waals surface area contributed by atoms with Gasteiger partial charge < -0.3 is 10.5 Å². The van der Waals surface area contributed by atoms with Gasteiger partial charge in [-0.2, -0.15) is 0 Å². The third kappa shape index (κ3) is 4.66. The molecule has 1 aliphatic carbocycles. The van der Waals surface area contributed by atoms with E-state index in [1.165, 1.54) is 0 Å². The summed E-state index contributed by atoms with van der Waals surface area (Å²) in [6.07, 6.45) is 3.93. The van der Waals surface area contributed by atoms with Gasteiger partial charge in [-0.25, -0.2) is 0 Å². The number of carbonyl (C=O) groups is 1. The topological polar surface area (TPSA) is 52.3 Å². The number of hydrogen-bond acceptors (Lipinski definition) is 3. The SMILES string of the molecule is CC(C)CC(N)C(=O)OC1CCC(C)C(C)C1. The average Bonchev–Trinajstić information content (AvgIpc) is 2.22. The van der Waals surface area contributed by atoms with Gasteiger partial charge in [0.05, 0.1) is 0 Å². The van der Waals surface area contributed by atoms with Crippen LogP contribution in [0.3, 0.4) is 0 Å². The molecule has 0 aromatic carbocycles. The first kappa shape index (κ1) is 14.5. The number of carbonyl (C=O) groups excluding carboxylic acids is 1. The Morgan fingerprint density at radius 3 is 2.47 bits per heavy atom. The fraction of sp³-hybridized carbons (Fsp3) is 0.929. The maximum Gasteiger partial charge on any atom is 0.323 e. The number of hydrogen-bond donors (Lipinski definition) is 1. The van der Waals surface area contributed by atoms with E-state index in [9.17, 15) is 4.79 Å². The summed E-state index contributed by atoms with van der Waals surface area (Å²) in [6.45, 7) is 8.64. The minimum Gasteiger partial charge on any atom is -0.461 e. The summed E-state index contributed by atoms with van der Waals surface area (Å²) in [5.74, 6) is 1.60. The number of nitrogens with two attached hydrogens (primary N) is 1. The van der Waals surface area contributed by atoms with Gasteiger partial charge in [0.1, 0.15) is 12.1 Å². The predicted molar refractivity (Wildman–Crippen MR) is 69.5 cm³/mol. The van der Waals surface area contributed by atoms with Crippen LogP contribution in [0.4, 0.5) is 0 Å². The van der Waals surface area contributed by atoms with Gasteiger partial charge in [-0.15, -0.1) is 0 Å². The van der Waals surface area contributed by atoms with Crippen molar-refractivity contribution >= 4 is 5.97 Å². The second-order valence-corrected chi connectivity index (χ2v) is 6.06. The molecule has 0 spiro atoms. The molecule has 0 amide bonds. The molecule has 1 rings (SSSR count). The Kier molecular flexibility index (Phi) is 5.44. The molecule has 3 heteroatoms. The quantitative estimate of drug-likeness (QED) is 0.770. The second-order valence-electron chi connectivity index (χ2n) is 6.06. The van der Waals surface area contributed by atoms with Crippen molar-refractivity contribution in [3.63, 3.8) is 0 Å². The Bertz CT molecular complexity index is 253. The number of esters is 1. The van der Waals surface area contributed by atoms with Gasteiger partial charge in [-0.3, -0.25) is 4.79 Å². The monoisotopic (exact) mass is 241 g/mol. The summed E-state index contributed by atoms with van der Waals surface area (Å²) in [5.41, 5.74) is 5.82. The predicted octanol–water partition coefficient (Wildman–Crippen LogP) is 2.73. The van der Waals surface area contributed by atoms with Gasteiger partial charge in [-0.05, 0) is 43.4 Å². The van der Waals surface area contributed by atoms with Gasteiger partial charge >= 0.3 is 5.97 Å². The van der Waals surface area contributed by atoms with Crippen LogP contribution >= 0.6 is 0 Å². The van der Waals surface area contributed by atoms with Crippen molar-refractivity contribution in [3.05, 3.63) is 0 Å². The van der Waals surface area contributed by atoms with Crippen molar-refractivity contribution in [2.24, 2.45) is 23.5 Å². The Labute approximate surface area is 105 Å². The zero-order chi connectivity index (χ0) is 13.0. The fourth-order valence-corrected chi connectivity index (χ4v) is 2.46. The lowest BCUT2D eigenvalue weighted by atomic mass is 9.80. The molecule has 2 N–H and O–H groups in total. The van der Waals surface area contributed by atoms with E-state index in [1.54, 1.807) is 0 Å².